The van der Waals surface area contributed by atoms with E-state index in [2.05, 4.69) is 120 Å². The molecule has 18 heteroatoms. The van der Waals surface area contributed by atoms with Crippen LogP contribution in [-0.2, 0) is 85.9 Å². The maximum Gasteiger partial charge on any atom is 0.251 e. The number of thiol groups is 1. The number of carboxylic acid groups (broad SMARTS) is 1. The molecule has 4 unspecified atom stereocenters. The SMILES string of the molecule is CCCCC(CC)COP(=S)(S)OCC(CC)CCCC.CCCCC(CC)COP(=S)([S-])OCC(CC)CCCC.CCn1cc[n+](C)c1.CCn1cc[n+](C)c1.CO.COC(=O)[O-]. The first-order chi connectivity index (χ1) is 30.9. The van der Waals surface area contributed by atoms with Crippen molar-refractivity contribution in [2.24, 2.45) is 37.8 Å². The van der Waals surface area contributed by atoms with E-state index in [0.717, 1.165) is 53.0 Å². The number of unbranched alkanes of at least 4 members (excludes halogenated alkanes) is 4. The van der Waals surface area contributed by atoms with E-state index in [9.17, 15) is 0 Å². The van der Waals surface area contributed by atoms with Crippen molar-refractivity contribution in [1.82, 2.24) is 9.13 Å². The van der Waals surface area contributed by atoms with Gasteiger partial charge < -0.3 is 50.1 Å². The first-order valence-electron chi connectivity index (χ1n) is 24.3. The second kappa shape index (κ2) is 48.5. The van der Waals surface area contributed by atoms with E-state index < -0.39 is 17.5 Å². The van der Waals surface area contributed by atoms with Gasteiger partial charge in [0.2, 0.25) is 18.3 Å². The van der Waals surface area contributed by atoms with Crippen LogP contribution in [0.25, 0.3) is 0 Å². The number of aliphatic hydroxyl groups is 1. The lowest BCUT2D eigenvalue weighted by atomic mass is 10.0. The van der Waals surface area contributed by atoms with Gasteiger partial charge in [0.1, 0.15) is 24.8 Å². The van der Waals surface area contributed by atoms with Gasteiger partial charge in [-0.1, -0.05) is 156 Å². The van der Waals surface area contributed by atoms with Crippen molar-refractivity contribution in [3.05, 3.63) is 37.4 Å². The lowest BCUT2D eigenvalue weighted by Gasteiger charge is -2.31. The highest BCUT2D eigenvalue weighted by atomic mass is 32.9. The van der Waals surface area contributed by atoms with Gasteiger partial charge in [0, 0.05) is 14.2 Å². The van der Waals surface area contributed by atoms with E-state index in [-0.39, 0.29) is 0 Å². The molecule has 2 heterocycles. The number of methoxy groups -OCH3 is 1. The number of imidazole rings is 2. The Morgan fingerprint density at radius 2 is 0.892 bits per heavy atom. The predicted octanol–water partition coefficient (Wildman–Crippen LogP) is 12.1. The molecule has 65 heavy (non-hydrogen) atoms. The zero-order valence-corrected chi connectivity index (χ0v) is 48.6. The molecule has 2 aromatic rings. The molecule has 0 aromatic carbocycles. The first-order valence-corrected chi connectivity index (χ1v) is 31.8. The molecule has 2 aromatic heterocycles. The fourth-order valence-electron chi connectivity index (χ4n) is 5.84. The molecular weight excluding hydrogens is 939 g/mol. The van der Waals surface area contributed by atoms with Crippen LogP contribution in [0.2, 0.25) is 0 Å². The number of hydrogen-bond donors (Lipinski definition) is 2. The van der Waals surface area contributed by atoms with Crippen molar-refractivity contribution >= 4 is 65.7 Å². The molecule has 0 saturated carbocycles. The summed E-state index contributed by atoms with van der Waals surface area (Å²) >= 11 is 20.7. The van der Waals surface area contributed by atoms with Gasteiger partial charge in [-0.3, -0.25) is 0 Å². The Bertz CT molecular complexity index is 1280. The fourth-order valence-corrected chi connectivity index (χ4v) is 9.07. The molecule has 0 aliphatic rings. The summed E-state index contributed by atoms with van der Waals surface area (Å²) < 4.78 is 35.2. The minimum absolute atomic E-state index is 0.570. The Hall–Kier alpha value is -0.510. The predicted molar refractivity (Wildman–Crippen MR) is 285 cm³/mol. The third kappa shape index (κ3) is 47.0. The maximum absolute atomic E-state index is 9.03. The second-order valence-electron chi connectivity index (χ2n) is 16.0. The number of nitrogens with zero attached hydrogens (tertiary/aromatic N) is 4. The average Bonchev–Trinajstić information content (AvgIpc) is 3.95. The van der Waals surface area contributed by atoms with Crippen molar-refractivity contribution < 1.29 is 47.0 Å². The van der Waals surface area contributed by atoms with E-state index >= 15 is 0 Å². The van der Waals surface area contributed by atoms with Gasteiger partial charge in [-0.25, -0.2) is 18.3 Å². The van der Waals surface area contributed by atoms with Crippen LogP contribution in [0.15, 0.2) is 37.4 Å². The number of aryl methyl sites for hydroxylation is 4. The summed E-state index contributed by atoms with van der Waals surface area (Å²) in [7, 11) is 6.08. The quantitative estimate of drug-likeness (QED) is 0.0255. The maximum atomic E-state index is 9.03. The normalized spacial score (nSPS) is 14.2. The molecule has 0 aliphatic heterocycles. The minimum Gasteiger partial charge on any atom is -0.691 e. The Morgan fingerprint density at radius 3 is 1.06 bits per heavy atom. The number of carbonyl (C=O) groups excluding carboxylic acids is 1. The summed E-state index contributed by atoms with van der Waals surface area (Å²) in [6.07, 6.45) is 30.1. The van der Waals surface area contributed by atoms with E-state index in [1.165, 1.54) is 77.0 Å². The van der Waals surface area contributed by atoms with Gasteiger partial charge >= 0.3 is 0 Å². The molecule has 0 bridgehead atoms. The van der Waals surface area contributed by atoms with Crippen LogP contribution in [0.4, 0.5) is 4.79 Å². The summed E-state index contributed by atoms with van der Waals surface area (Å²) in [5.41, 5.74) is -4.84. The van der Waals surface area contributed by atoms with E-state index in [1.807, 2.05) is 35.6 Å². The Kier molecular flexibility index (Phi) is 53.0. The summed E-state index contributed by atoms with van der Waals surface area (Å²) in [6, 6.07) is 0. The van der Waals surface area contributed by atoms with Crippen LogP contribution in [0.3, 0.4) is 0 Å². The van der Waals surface area contributed by atoms with Gasteiger partial charge in [0.15, 0.2) is 0 Å². The summed E-state index contributed by atoms with van der Waals surface area (Å²) in [4.78, 5) is 9.03. The molecule has 2 rings (SSSR count). The van der Waals surface area contributed by atoms with Crippen LogP contribution >= 0.6 is 23.6 Å². The van der Waals surface area contributed by atoms with Gasteiger partial charge in [0.05, 0.1) is 59.3 Å². The zero-order chi connectivity index (χ0) is 50.5. The number of carbonyl (C=O) groups is 1. The third-order valence-corrected chi connectivity index (χ3v) is 15.1. The minimum atomic E-state index is -2.47. The van der Waals surface area contributed by atoms with Gasteiger partial charge in [-0.15, -0.1) is 0 Å². The van der Waals surface area contributed by atoms with E-state index in [4.69, 9.17) is 69.0 Å². The van der Waals surface area contributed by atoms with Crippen molar-refractivity contribution in [3.63, 3.8) is 0 Å². The van der Waals surface area contributed by atoms with Gasteiger partial charge in [-0.05, 0) is 75.0 Å². The van der Waals surface area contributed by atoms with Gasteiger partial charge in [0.25, 0.3) is 6.16 Å². The highest BCUT2D eigenvalue weighted by molar-refractivity contribution is 8.60. The Balaban J connectivity index is -0.000000388. The number of rotatable bonds is 30. The summed E-state index contributed by atoms with van der Waals surface area (Å²) in [5, 5.41) is 16.0. The third-order valence-electron chi connectivity index (χ3n) is 10.6. The molecule has 0 saturated heterocycles. The molecule has 388 valence electrons. The van der Waals surface area contributed by atoms with Crippen molar-refractivity contribution in [2.75, 3.05) is 40.6 Å². The van der Waals surface area contributed by atoms with E-state index in [0.29, 0.717) is 50.1 Å². The fraction of sp³-hybridized carbons (Fsp3) is 0.851. The smallest absolute Gasteiger partial charge is 0.251 e. The monoisotopic (exact) mass is 1040 g/mol. The Labute approximate surface area is 420 Å². The molecule has 0 radical (unpaired) electrons. The lowest BCUT2D eigenvalue weighted by molar-refractivity contribution is -0.671. The highest BCUT2D eigenvalue weighted by Gasteiger charge is 2.19. The number of aliphatic hydroxyl groups excluding tert-OH is 1. The highest BCUT2D eigenvalue weighted by Crippen LogP contribution is 2.54. The number of aromatic nitrogens is 4. The van der Waals surface area contributed by atoms with Gasteiger partial charge in [-0.2, -0.15) is 0 Å². The largest absolute Gasteiger partial charge is 0.691 e. The molecule has 0 fully saturated rings. The van der Waals surface area contributed by atoms with Crippen LogP contribution in [0.5, 0.6) is 0 Å². The van der Waals surface area contributed by atoms with Crippen LogP contribution in [-0.4, -0.2) is 61.0 Å². The number of ether oxygens (including phenoxy) is 1. The zero-order valence-electron chi connectivity index (χ0n) is 43.5. The molecule has 4 atom stereocenters. The summed E-state index contributed by atoms with van der Waals surface area (Å²) in [5.74, 6) is 2.32. The molecule has 12 nitrogen and oxygen atoms in total. The first kappa shape index (κ1) is 71.0. The second-order valence-corrected chi connectivity index (χ2v) is 26.3. The van der Waals surface area contributed by atoms with Crippen molar-refractivity contribution in [3.8, 4) is 0 Å². The van der Waals surface area contributed by atoms with Crippen LogP contribution in [0, 0.1) is 23.7 Å². The standard InChI is InChI=1S/2C16H35O2PS2.2C6H11N2.C2H4O3.CH4O/c2*1-5-9-11-15(7-3)13-17-19(20,21)18-14-16(8-4)12-10-6-2;2*1-3-8-5-4-7(2)6-8;1-5-2(3)4;1-2/h2*15-16H,5-14H2,1-4H3,(H,20,21);2*4-6H,3H2,1-2H3;1H3,(H,3,4);2H,1H3/q;;2*+1;;/p-2. The van der Waals surface area contributed by atoms with E-state index in [1.54, 1.807) is 0 Å². The Morgan fingerprint density at radius 1 is 0.631 bits per heavy atom. The van der Waals surface area contributed by atoms with Crippen LogP contribution in [0.1, 0.15) is 172 Å². The molecule has 0 aliphatic carbocycles. The van der Waals surface area contributed by atoms with Crippen molar-refractivity contribution in [1.29, 1.82) is 0 Å². The van der Waals surface area contributed by atoms with Crippen LogP contribution < -0.4 is 14.2 Å². The molecule has 0 amide bonds. The molecule has 1 N–H and O–H groups in total. The molecule has 0 spiro atoms. The molecular formula is C47H98N4O8P2S4. The summed E-state index contributed by atoms with van der Waals surface area (Å²) in [6.45, 7) is 26.8. The lowest BCUT2D eigenvalue weighted by Crippen LogP contribution is -2.23. The number of hydrogen-bond acceptors (Lipinski definition) is 11. The topological polar surface area (TPSA) is 124 Å². The average molecular weight is 1040 g/mol. The van der Waals surface area contributed by atoms with Crippen molar-refractivity contribution in [2.45, 2.75) is 185 Å².